The summed E-state index contributed by atoms with van der Waals surface area (Å²) < 4.78 is 0. The predicted molar refractivity (Wildman–Crippen MR) is 76.6 cm³/mol. The van der Waals surface area contributed by atoms with Crippen molar-refractivity contribution in [3.8, 4) is 0 Å². The van der Waals surface area contributed by atoms with Gasteiger partial charge in [-0.1, -0.05) is 58.3 Å². The highest BCUT2D eigenvalue weighted by atomic mass is 16.4. The fourth-order valence-corrected chi connectivity index (χ4v) is 2.02. The van der Waals surface area contributed by atoms with E-state index in [1.165, 1.54) is 44.9 Å². The molecule has 0 saturated carbocycles. The summed E-state index contributed by atoms with van der Waals surface area (Å²) in [4.78, 5) is 11.0. The molecule has 0 saturated heterocycles. The summed E-state index contributed by atoms with van der Waals surface area (Å²) in [5.74, 6) is -0.797. The van der Waals surface area contributed by atoms with E-state index >= 15 is 0 Å². The second-order valence-electron chi connectivity index (χ2n) is 5.90. The van der Waals surface area contributed by atoms with Gasteiger partial charge in [0.2, 0.25) is 0 Å². The highest BCUT2D eigenvalue weighted by Crippen LogP contribution is 2.23. The molecule has 0 rings (SSSR count). The fourth-order valence-electron chi connectivity index (χ4n) is 2.02. The molecule has 1 unspecified atom stereocenters. The van der Waals surface area contributed by atoms with Crippen LogP contribution in [-0.2, 0) is 4.79 Å². The second kappa shape index (κ2) is 9.37. The smallest absolute Gasteiger partial charge is 0.310 e. The number of hydrogen-bond acceptors (Lipinski definition) is 2. The second-order valence-corrected chi connectivity index (χ2v) is 5.90. The summed E-state index contributed by atoms with van der Waals surface area (Å²) in [6.07, 6.45) is 10.9. The van der Waals surface area contributed by atoms with Gasteiger partial charge in [0.1, 0.15) is 0 Å². The minimum atomic E-state index is -0.804. The summed E-state index contributed by atoms with van der Waals surface area (Å²) in [5.41, 5.74) is 5.15. The van der Waals surface area contributed by atoms with Crippen molar-refractivity contribution >= 4 is 5.97 Å². The van der Waals surface area contributed by atoms with E-state index in [2.05, 4.69) is 6.92 Å². The van der Waals surface area contributed by atoms with E-state index in [1.807, 2.05) is 0 Å². The van der Waals surface area contributed by atoms with Gasteiger partial charge in [-0.15, -0.1) is 0 Å². The lowest BCUT2D eigenvalue weighted by Crippen LogP contribution is -2.43. The van der Waals surface area contributed by atoms with E-state index in [1.54, 1.807) is 13.8 Å². The Morgan fingerprint density at radius 1 is 1.06 bits per heavy atom. The van der Waals surface area contributed by atoms with E-state index in [-0.39, 0.29) is 6.04 Å². The molecule has 0 aliphatic rings. The van der Waals surface area contributed by atoms with E-state index in [9.17, 15) is 4.79 Å². The zero-order chi connectivity index (χ0) is 14.0. The van der Waals surface area contributed by atoms with Crippen LogP contribution in [0.2, 0.25) is 0 Å². The summed E-state index contributed by atoms with van der Waals surface area (Å²) in [5, 5.41) is 9.05. The largest absolute Gasteiger partial charge is 0.481 e. The third-order valence-corrected chi connectivity index (χ3v) is 3.85. The molecule has 3 heteroatoms. The normalized spacial score (nSPS) is 13.6. The minimum Gasteiger partial charge on any atom is -0.481 e. The molecule has 0 aliphatic heterocycles. The standard InChI is InChI=1S/C15H31NO2/c1-4-5-6-7-8-9-10-11-12-13(16)15(2,3)14(17)18/h13H,4-12,16H2,1-3H3,(H,17,18). The van der Waals surface area contributed by atoms with E-state index in [0.717, 1.165) is 12.8 Å². The summed E-state index contributed by atoms with van der Waals surface area (Å²) in [6.45, 7) is 5.65. The lowest BCUT2D eigenvalue weighted by atomic mass is 9.82. The van der Waals surface area contributed by atoms with Crippen molar-refractivity contribution in [2.45, 2.75) is 84.6 Å². The molecule has 0 fully saturated rings. The van der Waals surface area contributed by atoms with Crippen molar-refractivity contribution in [2.24, 2.45) is 11.1 Å². The molecule has 3 N–H and O–H groups in total. The molecule has 0 aliphatic carbocycles. The molecule has 1 atom stereocenters. The number of carboxylic acids is 1. The van der Waals surface area contributed by atoms with Gasteiger partial charge in [0.25, 0.3) is 0 Å². The summed E-state index contributed by atoms with van der Waals surface area (Å²) >= 11 is 0. The van der Waals surface area contributed by atoms with Crippen LogP contribution in [-0.4, -0.2) is 17.1 Å². The molecule has 108 valence electrons. The third kappa shape index (κ3) is 7.00. The average molecular weight is 257 g/mol. The Labute approximate surface area is 112 Å². The van der Waals surface area contributed by atoms with E-state index in [4.69, 9.17) is 10.8 Å². The van der Waals surface area contributed by atoms with Gasteiger partial charge in [-0.25, -0.2) is 0 Å². The van der Waals surface area contributed by atoms with Gasteiger partial charge in [0.05, 0.1) is 5.41 Å². The van der Waals surface area contributed by atoms with Crippen LogP contribution in [0, 0.1) is 5.41 Å². The first-order valence-electron chi connectivity index (χ1n) is 7.42. The maximum absolute atomic E-state index is 11.0. The monoisotopic (exact) mass is 257 g/mol. The van der Waals surface area contributed by atoms with Gasteiger partial charge >= 0.3 is 5.97 Å². The van der Waals surface area contributed by atoms with Crippen LogP contribution < -0.4 is 5.73 Å². The highest BCUT2D eigenvalue weighted by molar-refractivity contribution is 5.74. The van der Waals surface area contributed by atoms with Crippen molar-refractivity contribution in [2.75, 3.05) is 0 Å². The van der Waals surface area contributed by atoms with Crippen LogP contribution in [0.1, 0.15) is 78.6 Å². The first kappa shape index (κ1) is 17.4. The molecule has 0 spiro atoms. The van der Waals surface area contributed by atoms with Crippen LogP contribution in [0.25, 0.3) is 0 Å². The van der Waals surface area contributed by atoms with E-state index in [0.29, 0.717) is 0 Å². The number of carboxylic acid groups (broad SMARTS) is 1. The molecule has 0 heterocycles. The quantitative estimate of drug-likeness (QED) is 0.551. The van der Waals surface area contributed by atoms with Gasteiger partial charge in [-0.2, -0.15) is 0 Å². The van der Waals surface area contributed by atoms with Crippen molar-refractivity contribution in [3.05, 3.63) is 0 Å². The number of nitrogens with two attached hydrogens (primary N) is 1. The van der Waals surface area contributed by atoms with Crippen molar-refractivity contribution < 1.29 is 9.90 Å². The number of rotatable bonds is 11. The number of unbranched alkanes of at least 4 members (excludes halogenated alkanes) is 7. The van der Waals surface area contributed by atoms with Crippen LogP contribution in [0.4, 0.5) is 0 Å². The van der Waals surface area contributed by atoms with E-state index < -0.39 is 11.4 Å². The maximum atomic E-state index is 11.0. The average Bonchev–Trinajstić information content (AvgIpc) is 2.32. The molecule has 18 heavy (non-hydrogen) atoms. The van der Waals surface area contributed by atoms with Gasteiger partial charge in [0, 0.05) is 6.04 Å². The fraction of sp³-hybridized carbons (Fsp3) is 0.933. The zero-order valence-electron chi connectivity index (χ0n) is 12.4. The number of hydrogen-bond donors (Lipinski definition) is 2. The van der Waals surface area contributed by atoms with Crippen LogP contribution in [0.3, 0.4) is 0 Å². The lowest BCUT2D eigenvalue weighted by molar-refractivity contribution is -0.148. The third-order valence-electron chi connectivity index (χ3n) is 3.85. The molecule has 3 nitrogen and oxygen atoms in total. The Kier molecular flexibility index (Phi) is 9.08. The Morgan fingerprint density at radius 3 is 1.94 bits per heavy atom. The SMILES string of the molecule is CCCCCCCCCCC(N)C(C)(C)C(=O)O. The van der Waals surface area contributed by atoms with Crippen LogP contribution in [0.5, 0.6) is 0 Å². The maximum Gasteiger partial charge on any atom is 0.310 e. The van der Waals surface area contributed by atoms with Crippen LogP contribution in [0.15, 0.2) is 0 Å². The van der Waals surface area contributed by atoms with Crippen molar-refractivity contribution in [3.63, 3.8) is 0 Å². The molecule has 0 aromatic heterocycles. The molecule has 0 aromatic rings. The molecular weight excluding hydrogens is 226 g/mol. The first-order chi connectivity index (χ1) is 8.42. The van der Waals surface area contributed by atoms with Gasteiger partial charge < -0.3 is 10.8 Å². The summed E-state index contributed by atoms with van der Waals surface area (Å²) in [6, 6.07) is -0.241. The molecule has 0 bridgehead atoms. The van der Waals surface area contributed by atoms with Gasteiger partial charge in [0.15, 0.2) is 0 Å². The molecule has 0 aromatic carbocycles. The zero-order valence-corrected chi connectivity index (χ0v) is 12.4. The van der Waals surface area contributed by atoms with Crippen molar-refractivity contribution in [1.29, 1.82) is 0 Å². The number of carbonyl (C=O) groups is 1. The van der Waals surface area contributed by atoms with Gasteiger partial charge in [-0.3, -0.25) is 4.79 Å². The minimum absolute atomic E-state index is 0.241. The highest BCUT2D eigenvalue weighted by Gasteiger charge is 2.33. The van der Waals surface area contributed by atoms with Gasteiger partial charge in [-0.05, 0) is 20.3 Å². The predicted octanol–water partition coefficient (Wildman–Crippen LogP) is 3.96. The van der Waals surface area contributed by atoms with Crippen molar-refractivity contribution in [1.82, 2.24) is 0 Å². The Morgan fingerprint density at radius 2 is 1.50 bits per heavy atom. The van der Waals surface area contributed by atoms with Crippen LogP contribution >= 0.6 is 0 Å². The first-order valence-corrected chi connectivity index (χ1v) is 7.42. The molecule has 0 radical (unpaired) electrons. The summed E-state index contributed by atoms with van der Waals surface area (Å²) in [7, 11) is 0. The lowest BCUT2D eigenvalue weighted by Gasteiger charge is -2.26. The molecular formula is C15H31NO2. The molecule has 0 amide bonds. The Bertz CT molecular complexity index is 227. The Hall–Kier alpha value is -0.570. The number of aliphatic carboxylic acids is 1. The topological polar surface area (TPSA) is 63.3 Å². The Balaban J connectivity index is 3.52.